The zero-order valence-corrected chi connectivity index (χ0v) is 13.6. The van der Waals surface area contributed by atoms with Crippen LogP contribution in [-0.2, 0) is 9.59 Å². The van der Waals surface area contributed by atoms with Gasteiger partial charge in [0.15, 0.2) is 0 Å². The lowest BCUT2D eigenvalue weighted by molar-refractivity contribution is -0.134. The minimum absolute atomic E-state index is 0.558. The average Bonchev–Trinajstić information content (AvgIpc) is 3.27. The topological polar surface area (TPSA) is 103 Å². The van der Waals surface area contributed by atoms with Crippen LogP contribution >= 0.6 is 0 Å². The monoisotopic (exact) mass is 344 g/mol. The second-order valence-electron chi connectivity index (χ2n) is 6.24. The second-order valence-corrected chi connectivity index (χ2v) is 6.24. The van der Waals surface area contributed by atoms with Crippen molar-refractivity contribution < 1.29 is 24.2 Å². The first-order chi connectivity index (χ1) is 12.0. The third kappa shape index (κ3) is 4.19. The van der Waals surface area contributed by atoms with Crippen molar-refractivity contribution in [1.29, 1.82) is 0 Å². The summed E-state index contributed by atoms with van der Waals surface area (Å²) in [6.45, 7) is 4.77. The third-order valence-electron chi connectivity index (χ3n) is 4.56. The van der Waals surface area contributed by atoms with E-state index in [4.69, 9.17) is 14.6 Å². The lowest BCUT2D eigenvalue weighted by atomic mass is 10.0. The Labute approximate surface area is 144 Å². The maximum Gasteiger partial charge on any atom is 0.328 e. The Morgan fingerprint density at radius 3 is 2.32 bits per heavy atom. The van der Waals surface area contributed by atoms with Crippen LogP contribution in [-0.4, -0.2) is 48.3 Å². The summed E-state index contributed by atoms with van der Waals surface area (Å²) >= 11 is 0. The normalized spacial score (nSPS) is 22.0. The van der Waals surface area contributed by atoms with Gasteiger partial charge in [-0.05, 0) is 36.1 Å². The Morgan fingerprint density at radius 1 is 1.08 bits per heavy atom. The number of rotatable bonds is 3. The molecule has 4 rings (SSSR count). The molecule has 0 aliphatic carbocycles. The molecule has 3 heterocycles. The van der Waals surface area contributed by atoms with Gasteiger partial charge in [-0.25, -0.2) is 9.59 Å². The SMILES string of the molecule is O=C(O)/C=C\C(=O)O.c1cc2cc(N3CC4CNCC4C3)ccc2o1. The van der Waals surface area contributed by atoms with Crippen molar-refractivity contribution in [3.8, 4) is 0 Å². The van der Waals surface area contributed by atoms with E-state index >= 15 is 0 Å². The van der Waals surface area contributed by atoms with E-state index in [2.05, 4.69) is 28.4 Å². The number of carbonyl (C=O) groups is 2. The molecule has 7 heteroatoms. The Morgan fingerprint density at radius 2 is 1.72 bits per heavy atom. The van der Waals surface area contributed by atoms with Crippen molar-refractivity contribution in [2.24, 2.45) is 11.8 Å². The molecule has 2 aromatic rings. The first-order valence-electron chi connectivity index (χ1n) is 8.10. The van der Waals surface area contributed by atoms with E-state index in [-0.39, 0.29) is 0 Å². The molecule has 132 valence electrons. The molecular formula is C18H20N2O5. The van der Waals surface area contributed by atoms with Crippen molar-refractivity contribution in [1.82, 2.24) is 5.32 Å². The molecule has 25 heavy (non-hydrogen) atoms. The van der Waals surface area contributed by atoms with Crippen LogP contribution in [0, 0.1) is 11.8 Å². The van der Waals surface area contributed by atoms with Crippen molar-refractivity contribution >= 4 is 28.6 Å². The Bertz CT molecular complexity index is 770. The smallest absolute Gasteiger partial charge is 0.328 e. The highest BCUT2D eigenvalue weighted by atomic mass is 16.4. The van der Waals surface area contributed by atoms with Crippen molar-refractivity contribution in [2.45, 2.75) is 0 Å². The van der Waals surface area contributed by atoms with Crippen molar-refractivity contribution in [2.75, 3.05) is 31.1 Å². The fraction of sp³-hybridized carbons (Fsp3) is 0.333. The molecule has 3 N–H and O–H groups in total. The zero-order valence-electron chi connectivity index (χ0n) is 13.6. The third-order valence-corrected chi connectivity index (χ3v) is 4.56. The molecule has 0 spiro atoms. The molecule has 0 bridgehead atoms. The van der Waals surface area contributed by atoms with Gasteiger partial charge >= 0.3 is 11.9 Å². The number of furan rings is 1. The molecule has 0 saturated carbocycles. The first kappa shape index (κ1) is 17.0. The fourth-order valence-electron chi connectivity index (χ4n) is 3.36. The lowest BCUT2D eigenvalue weighted by Crippen LogP contribution is -2.25. The zero-order chi connectivity index (χ0) is 17.8. The van der Waals surface area contributed by atoms with Gasteiger partial charge in [-0.15, -0.1) is 0 Å². The summed E-state index contributed by atoms with van der Waals surface area (Å²) in [6.07, 6.45) is 2.88. The Balaban J connectivity index is 0.000000197. The van der Waals surface area contributed by atoms with Gasteiger partial charge in [-0.1, -0.05) is 0 Å². The number of carboxylic acid groups (broad SMARTS) is 2. The van der Waals surface area contributed by atoms with Gasteiger partial charge in [0.05, 0.1) is 6.26 Å². The standard InChI is InChI=1S/C14H16N2O.C4H4O4/c1-2-14-10(3-4-17-14)5-13(1)16-8-11-6-15-7-12(11)9-16;5-3(6)1-2-4(7)8/h1-5,11-12,15H,6-9H2;1-2H,(H,5,6)(H,7,8)/b;2-1-. The number of nitrogens with zero attached hydrogens (tertiary/aromatic N) is 1. The summed E-state index contributed by atoms with van der Waals surface area (Å²) in [5.74, 6) is -0.829. The van der Waals surface area contributed by atoms with E-state index < -0.39 is 11.9 Å². The summed E-state index contributed by atoms with van der Waals surface area (Å²) < 4.78 is 5.38. The highest BCUT2D eigenvalue weighted by molar-refractivity contribution is 5.89. The number of anilines is 1. The quantitative estimate of drug-likeness (QED) is 0.730. The molecule has 2 atom stereocenters. The van der Waals surface area contributed by atoms with Gasteiger partial charge in [0.25, 0.3) is 0 Å². The van der Waals surface area contributed by atoms with E-state index in [1.165, 1.54) is 37.3 Å². The molecule has 7 nitrogen and oxygen atoms in total. The number of nitrogens with one attached hydrogen (secondary N) is 1. The average molecular weight is 344 g/mol. The van der Waals surface area contributed by atoms with Gasteiger partial charge in [-0.2, -0.15) is 0 Å². The number of hydrogen-bond donors (Lipinski definition) is 3. The molecule has 0 radical (unpaired) electrons. The maximum absolute atomic E-state index is 9.55. The van der Waals surface area contributed by atoms with Crippen LogP contribution in [0.4, 0.5) is 5.69 Å². The summed E-state index contributed by atoms with van der Waals surface area (Å²) in [6, 6.07) is 8.54. The maximum atomic E-state index is 9.55. The Kier molecular flexibility index (Phi) is 5.04. The minimum Gasteiger partial charge on any atom is -0.478 e. The van der Waals surface area contributed by atoms with E-state index in [1.807, 2.05) is 6.07 Å². The lowest BCUT2D eigenvalue weighted by Gasteiger charge is -2.19. The number of aliphatic carboxylic acids is 2. The number of benzene rings is 1. The first-order valence-corrected chi connectivity index (χ1v) is 8.10. The van der Waals surface area contributed by atoms with Crippen molar-refractivity contribution in [3.63, 3.8) is 0 Å². The van der Waals surface area contributed by atoms with Gasteiger partial charge in [0.2, 0.25) is 0 Å². The summed E-state index contributed by atoms with van der Waals surface area (Å²) in [4.78, 5) is 21.6. The number of carboxylic acids is 2. The van der Waals surface area contributed by atoms with Gasteiger partial charge in [0, 0.05) is 49.4 Å². The molecule has 2 saturated heterocycles. The Hall–Kier alpha value is -2.80. The van der Waals surface area contributed by atoms with Gasteiger partial charge in [-0.3, -0.25) is 0 Å². The van der Waals surface area contributed by atoms with Crippen LogP contribution in [0.3, 0.4) is 0 Å². The molecule has 2 unspecified atom stereocenters. The molecule has 1 aromatic carbocycles. The minimum atomic E-state index is -1.26. The van der Waals surface area contributed by atoms with Crippen LogP contribution in [0.2, 0.25) is 0 Å². The molecular weight excluding hydrogens is 324 g/mol. The molecule has 2 aliphatic heterocycles. The predicted molar refractivity (Wildman–Crippen MR) is 92.7 cm³/mol. The second kappa shape index (κ2) is 7.40. The fourth-order valence-corrected chi connectivity index (χ4v) is 3.36. The molecule has 2 aliphatic rings. The van der Waals surface area contributed by atoms with Crippen LogP contribution in [0.25, 0.3) is 11.0 Å². The van der Waals surface area contributed by atoms with Crippen LogP contribution in [0.1, 0.15) is 0 Å². The van der Waals surface area contributed by atoms with Crippen LogP contribution < -0.4 is 10.2 Å². The van der Waals surface area contributed by atoms with Crippen LogP contribution in [0.15, 0.2) is 47.1 Å². The molecule has 2 fully saturated rings. The summed E-state index contributed by atoms with van der Waals surface area (Å²) in [5, 5.41) is 20.3. The molecule has 0 amide bonds. The van der Waals surface area contributed by atoms with Crippen molar-refractivity contribution in [3.05, 3.63) is 42.7 Å². The van der Waals surface area contributed by atoms with Gasteiger partial charge in [0.1, 0.15) is 5.58 Å². The number of fused-ring (bicyclic) bond motifs is 2. The molecule has 1 aromatic heterocycles. The highest BCUT2D eigenvalue weighted by Crippen LogP contribution is 2.32. The van der Waals surface area contributed by atoms with Gasteiger partial charge < -0.3 is 24.8 Å². The van der Waals surface area contributed by atoms with E-state index in [1.54, 1.807) is 6.26 Å². The summed E-state index contributed by atoms with van der Waals surface area (Å²) in [5.41, 5.74) is 2.32. The van der Waals surface area contributed by atoms with E-state index in [0.717, 1.165) is 17.4 Å². The largest absolute Gasteiger partial charge is 0.478 e. The highest BCUT2D eigenvalue weighted by Gasteiger charge is 2.36. The summed E-state index contributed by atoms with van der Waals surface area (Å²) in [7, 11) is 0. The van der Waals surface area contributed by atoms with Crippen LogP contribution in [0.5, 0.6) is 0 Å². The predicted octanol–water partition coefficient (Wildman–Crippen LogP) is 1.80. The van der Waals surface area contributed by atoms with E-state index in [0.29, 0.717) is 12.2 Å². The van der Waals surface area contributed by atoms with E-state index in [9.17, 15) is 9.59 Å². The number of hydrogen-bond acceptors (Lipinski definition) is 5.